The van der Waals surface area contributed by atoms with Crippen LogP contribution in [0.1, 0.15) is 44.5 Å². The lowest BCUT2D eigenvalue weighted by Gasteiger charge is -2.26. The Labute approximate surface area is 228 Å². The lowest BCUT2D eigenvalue weighted by molar-refractivity contribution is -0.163. The van der Waals surface area contributed by atoms with E-state index in [0.29, 0.717) is 6.42 Å². The van der Waals surface area contributed by atoms with Crippen LogP contribution >= 0.6 is 15.9 Å². The van der Waals surface area contributed by atoms with Crippen molar-refractivity contribution in [3.8, 4) is 0 Å². The van der Waals surface area contributed by atoms with Gasteiger partial charge in [-0.3, -0.25) is 14.4 Å². The van der Waals surface area contributed by atoms with E-state index in [9.17, 15) is 19.2 Å². The molecule has 0 radical (unpaired) electrons. The number of hydrogen-bond acceptors (Lipinski definition) is 9. The Bertz CT molecular complexity index is 940. The van der Waals surface area contributed by atoms with Crippen LogP contribution in [-0.4, -0.2) is 65.7 Å². The number of rotatable bonds is 13. The Morgan fingerprint density at radius 1 is 0.865 bits per heavy atom. The van der Waals surface area contributed by atoms with Crippen LogP contribution in [0, 0.1) is 10.8 Å². The van der Waals surface area contributed by atoms with Gasteiger partial charge in [-0.15, -0.1) is 0 Å². The van der Waals surface area contributed by atoms with Crippen molar-refractivity contribution in [2.75, 3.05) is 33.5 Å². The minimum absolute atomic E-state index is 0.0342. The first kappa shape index (κ1) is 32.6. The number of ether oxygens (including phenoxy) is 5. The average Bonchev–Trinajstić information content (AvgIpc) is 2.82. The fourth-order valence-electron chi connectivity index (χ4n) is 3.22. The fourth-order valence-corrected chi connectivity index (χ4v) is 5.50. The molecule has 1 aromatic rings. The summed E-state index contributed by atoms with van der Waals surface area (Å²) in [5.41, 5.74) is -1.09. The van der Waals surface area contributed by atoms with Crippen molar-refractivity contribution in [2.24, 2.45) is 10.8 Å². The maximum atomic E-state index is 12.7. The summed E-state index contributed by atoms with van der Waals surface area (Å²) in [6.45, 7) is 12.0. The van der Waals surface area contributed by atoms with Crippen LogP contribution in [0.2, 0.25) is 19.6 Å². The Hall–Kier alpha value is -2.40. The van der Waals surface area contributed by atoms with Crippen molar-refractivity contribution in [1.29, 1.82) is 0 Å². The van der Waals surface area contributed by atoms with Gasteiger partial charge >= 0.3 is 24.1 Å². The van der Waals surface area contributed by atoms with E-state index in [-0.39, 0.29) is 24.6 Å². The van der Waals surface area contributed by atoms with Crippen molar-refractivity contribution < 1.29 is 42.9 Å². The van der Waals surface area contributed by atoms with E-state index in [0.717, 1.165) is 5.56 Å². The van der Waals surface area contributed by atoms with Crippen LogP contribution in [0.5, 0.6) is 0 Å². The summed E-state index contributed by atoms with van der Waals surface area (Å²) in [7, 11) is -0.214. The van der Waals surface area contributed by atoms with Gasteiger partial charge in [0, 0.05) is 11.8 Å². The predicted molar refractivity (Wildman–Crippen MR) is 145 cm³/mol. The number of carbonyl (C=O) groups excluding carboxylic acids is 4. The van der Waals surface area contributed by atoms with Crippen molar-refractivity contribution in [3.05, 3.63) is 29.8 Å². The third kappa shape index (κ3) is 10.9. The number of carbonyl (C=O) groups is 4. The van der Waals surface area contributed by atoms with E-state index < -0.39 is 49.6 Å². The second-order valence-electron chi connectivity index (χ2n) is 10.8. The van der Waals surface area contributed by atoms with Crippen LogP contribution in [0.4, 0.5) is 4.79 Å². The zero-order valence-electron chi connectivity index (χ0n) is 23.0. The second kappa shape index (κ2) is 13.9. The lowest BCUT2D eigenvalue weighted by atomic mass is 9.86. The molecular weight excluding hydrogens is 564 g/mol. The van der Waals surface area contributed by atoms with Gasteiger partial charge < -0.3 is 23.7 Å². The highest BCUT2D eigenvalue weighted by atomic mass is 79.9. The maximum Gasteiger partial charge on any atom is 0.508 e. The van der Waals surface area contributed by atoms with Gasteiger partial charge in [0.05, 0.1) is 20.6 Å². The fraction of sp³-hybridized carbons (Fsp3) is 0.615. The Kier molecular flexibility index (Phi) is 12.3. The molecule has 2 unspecified atom stereocenters. The van der Waals surface area contributed by atoms with Gasteiger partial charge in [-0.1, -0.05) is 65.0 Å². The van der Waals surface area contributed by atoms with E-state index in [4.69, 9.17) is 18.9 Å². The molecule has 1 rings (SSSR count). The number of esters is 3. The molecule has 0 fully saturated rings. The molecule has 1 aromatic carbocycles. The maximum absolute atomic E-state index is 12.7. The Balaban J connectivity index is 2.50. The highest BCUT2D eigenvalue weighted by Crippen LogP contribution is 2.36. The minimum atomic E-state index is -1.39. The third-order valence-corrected chi connectivity index (χ3v) is 8.62. The zero-order valence-corrected chi connectivity index (χ0v) is 25.6. The average molecular weight is 604 g/mol. The molecule has 0 saturated heterocycles. The van der Waals surface area contributed by atoms with Gasteiger partial charge in [-0.05, 0) is 32.8 Å². The summed E-state index contributed by atoms with van der Waals surface area (Å²) in [6, 6.07) is 8.49. The smallest absolute Gasteiger partial charge is 0.468 e. The van der Waals surface area contributed by atoms with E-state index >= 15 is 0 Å². The first-order valence-corrected chi connectivity index (χ1v) is 16.4. The molecule has 9 nitrogen and oxygen atoms in total. The van der Waals surface area contributed by atoms with Crippen molar-refractivity contribution in [2.45, 2.75) is 58.6 Å². The van der Waals surface area contributed by atoms with Crippen molar-refractivity contribution >= 4 is 53.3 Å². The monoisotopic (exact) mass is 602 g/mol. The SMILES string of the molecule is COC(=O)C(C)(COC(C)=O)COC(=O)OCCOC(=O)C(C)(C)CC(Br)c1ccc([Si](C)(C)C)cc1. The Morgan fingerprint density at radius 2 is 1.41 bits per heavy atom. The lowest BCUT2D eigenvalue weighted by Crippen LogP contribution is -2.40. The van der Waals surface area contributed by atoms with Gasteiger partial charge in [-0.2, -0.15) is 0 Å². The molecule has 0 bridgehead atoms. The molecule has 37 heavy (non-hydrogen) atoms. The number of halogens is 1. The van der Waals surface area contributed by atoms with Crippen LogP contribution < -0.4 is 5.19 Å². The summed E-state index contributed by atoms with van der Waals surface area (Å²) >= 11 is 3.69. The molecule has 0 N–H and O–H groups in total. The van der Waals surface area contributed by atoms with Crippen LogP contribution in [-0.2, 0) is 38.1 Å². The van der Waals surface area contributed by atoms with Crippen LogP contribution in [0.15, 0.2) is 24.3 Å². The number of hydrogen-bond donors (Lipinski definition) is 0. The quantitative estimate of drug-likeness (QED) is 0.106. The number of alkyl halides is 1. The van der Waals surface area contributed by atoms with E-state index in [1.54, 1.807) is 13.8 Å². The molecule has 0 aromatic heterocycles. The molecule has 0 aliphatic carbocycles. The molecule has 208 valence electrons. The summed E-state index contributed by atoms with van der Waals surface area (Å²) in [5, 5.41) is 1.37. The minimum Gasteiger partial charge on any atom is -0.468 e. The Morgan fingerprint density at radius 3 is 1.92 bits per heavy atom. The standard InChI is InChI=1S/C26H39BrO9Si/c1-18(28)35-16-26(4,23(30)32-5)17-36-24(31)34-14-13-33-22(29)25(2,3)15-21(27)19-9-11-20(12-10-19)37(6,7)8/h9-12,21H,13-17H2,1-8H3. The highest BCUT2D eigenvalue weighted by molar-refractivity contribution is 9.09. The highest BCUT2D eigenvalue weighted by Gasteiger charge is 2.38. The van der Waals surface area contributed by atoms with Crippen molar-refractivity contribution in [1.82, 2.24) is 0 Å². The van der Waals surface area contributed by atoms with Crippen LogP contribution in [0.25, 0.3) is 0 Å². The first-order chi connectivity index (χ1) is 17.0. The normalized spacial score (nSPS) is 14.1. The van der Waals surface area contributed by atoms with Gasteiger partial charge in [0.2, 0.25) is 0 Å². The zero-order chi connectivity index (χ0) is 28.4. The molecule has 0 aliphatic rings. The number of benzene rings is 1. The molecule has 0 saturated carbocycles. The molecule has 0 aliphatic heterocycles. The summed E-state index contributed by atoms with van der Waals surface area (Å²) in [6.07, 6.45) is -0.550. The van der Waals surface area contributed by atoms with E-state index in [1.807, 2.05) is 0 Å². The van der Waals surface area contributed by atoms with E-state index in [1.165, 1.54) is 26.1 Å². The molecule has 0 amide bonds. The molecule has 11 heteroatoms. The van der Waals surface area contributed by atoms with Gasteiger partial charge in [0.15, 0.2) is 0 Å². The second-order valence-corrected chi connectivity index (χ2v) is 17.0. The predicted octanol–water partition coefficient (Wildman–Crippen LogP) is 4.52. The molecule has 0 spiro atoms. The molecule has 0 heterocycles. The van der Waals surface area contributed by atoms with Crippen LogP contribution in [0.3, 0.4) is 0 Å². The third-order valence-electron chi connectivity index (χ3n) is 5.70. The van der Waals surface area contributed by atoms with Gasteiger partial charge in [0.1, 0.15) is 31.8 Å². The van der Waals surface area contributed by atoms with Crippen molar-refractivity contribution in [3.63, 3.8) is 0 Å². The first-order valence-electron chi connectivity index (χ1n) is 11.9. The topological polar surface area (TPSA) is 114 Å². The molecule has 2 atom stereocenters. The largest absolute Gasteiger partial charge is 0.508 e. The summed E-state index contributed by atoms with van der Waals surface area (Å²) in [5.74, 6) is -1.73. The van der Waals surface area contributed by atoms with Gasteiger partial charge in [-0.25, -0.2) is 4.79 Å². The van der Waals surface area contributed by atoms with Gasteiger partial charge in [0.25, 0.3) is 0 Å². The summed E-state index contributed by atoms with van der Waals surface area (Å²) < 4.78 is 24.8. The molecular formula is C26H39BrO9Si. The number of methoxy groups -OCH3 is 1. The van der Waals surface area contributed by atoms with E-state index in [2.05, 4.69) is 64.6 Å². The summed E-state index contributed by atoms with van der Waals surface area (Å²) in [4.78, 5) is 47.6.